The molecule has 0 aliphatic rings. The molecule has 72 valence electrons. The van der Waals surface area contributed by atoms with Crippen LogP contribution in [0.25, 0.3) is 5.57 Å². The van der Waals surface area contributed by atoms with E-state index in [0.29, 0.717) is 5.56 Å². The molecule has 2 heteroatoms. The molecule has 0 bridgehead atoms. The zero-order valence-electron chi connectivity index (χ0n) is 7.70. The van der Waals surface area contributed by atoms with E-state index in [1.807, 2.05) is 0 Å². The van der Waals surface area contributed by atoms with E-state index in [0.717, 1.165) is 5.57 Å². The van der Waals surface area contributed by atoms with Crippen molar-refractivity contribution in [1.29, 1.82) is 0 Å². The van der Waals surface area contributed by atoms with Crippen molar-refractivity contribution in [3.05, 3.63) is 61.0 Å². The fourth-order valence-corrected chi connectivity index (χ4v) is 1.10. The summed E-state index contributed by atoms with van der Waals surface area (Å²) in [6.45, 7) is 7.15. The number of phenols is 1. The van der Waals surface area contributed by atoms with E-state index < -0.39 is 5.82 Å². The van der Waals surface area contributed by atoms with Crippen LogP contribution in [0, 0.1) is 5.82 Å². The highest BCUT2D eigenvalue weighted by molar-refractivity contribution is 5.74. The lowest BCUT2D eigenvalue weighted by Gasteiger charge is -2.02. The number of rotatable bonds is 3. The molecule has 0 aromatic heterocycles. The Morgan fingerprint density at radius 1 is 1.36 bits per heavy atom. The first-order valence-electron chi connectivity index (χ1n) is 4.13. The monoisotopic (exact) mass is 190 g/mol. The van der Waals surface area contributed by atoms with Crippen LogP contribution in [0.1, 0.15) is 5.56 Å². The van der Waals surface area contributed by atoms with Crippen LogP contribution in [-0.4, -0.2) is 5.11 Å². The summed E-state index contributed by atoms with van der Waals surface area (Å²) in [5.74, 6) is -0.991. The van der Waals surface area contributed by atoms with E-state index >= 15 is 0 Å². The third-order valence-electron chi connectivity index (χ3n) is 1.80. The maximum Gasteiger partial charge on any atom is 0.165 e. The first-order chi connectivity index (χ1) is 6.69. The lowest BCUT2D eigenvalue weighted by molar-refractivity contribution is 0.432. The topological polar surface area (TPSA) is 20.2 Å². The van der Waals surface area contributed by atoms with Crippen molar-refractivity contribution in [2.75, 3.05) is 0 Å². The Labute approximate surface area is 82.5 Å². The van der Waals surface area contributed by atoms with E-state index in [9.17, 15) is 4.39 Å². The Morgan fingerprint density at radius 3 is 2.57 bits per heavy atom. The van der Waals surface area contributed by atoms with Gasteiger partial charge in [-0.25, -0.2) is 4.39 Å². The number of benzene rings is 1. The van der Waals surface area contributed by atoms with Crippen molar-refractivity contribution in [3.8, 4) is 5.75 Å². The van der Waals surface area contributed by atoms with Crippen molar-refractivity contribution in [2.24, 2.45) is 0 Å². The van der Waals surface area contributed by atoms with E-state index in [1.165, 1.54) is 12.1 Å². The van der Waals surface area contributed by atoms with Gasteiger partial charge in [0, 0.05) is 0 Å². The van der Waals surface area contributed by atoms with Crippen LogP contribution in [0.2, 0.25) is 0 Å². The molecule has 0 unspecified atom stereocenters. The van der Waals surface area contributed by atoms with Gasteiger partial charge in [-0.15, -0.1) is 0 Å². The maximum absolute atomic E-state index is 13.0. The van der Waals surface area contributed by atoms with Crippen LogP contribution in [0.4, 0.5) is 4.39 Å². The predicted octanol–water partition coefficient (Wildman–Crippen LogP) is 3.29. The van der Waals surface area contributed by atoms with Crippen LogP contribution in [0.5, 0.6) is 5.75 Å². The number of phenolic OH excluding ortho intramolecular Hbond substituents is 1. The lowest BCUT2D eigenvalue weighted by Crippen LogP contribution is -1.83. The molecule has 1 rings (SSSR count). The molecule has 0 fully saturated rings. The SMILES string of the molecule is C=C/C=C(\C=C)c1ccc(O)c(F)c1. The van der Waals surface area contributed by atoms with Gasteiger partial charge < -0.3 is 5.11 Å². The second kappa shape index (κ2) is 4.42. The zero-order valence-corrected chi connectivity index (χ0v) is 7.70. The molecule has 0 aliphatic carbocycles. The highest BCUT2D eigenvalue weighted by Gasteiger charge is 2.02. The van der Waals surface area contributed by atoms with Crippen molar-refractivity contribution in [1.82, 2.24) is 0 Å². The molecule has 14 heavy (non-hydrogen) atoms. The van der Waals surface area contributed by atoms with E-state index in [2.05, 4.69) is 13.2 Å². The quantitative estimate of drug-likeness (QED) is 0.725. The third kappa shape index (κ3) is 2.10. The van der Waals surface area contributed by atoms with Crippen molar-refractivity contribution in [3.63, 3.8) is 0 Å². The molecule has 1 aromatic carbocycles. The smallest absolute Gasteiger partial charge is 0.165 e. The summed E-state index contributed by atoms with van der Waals surface area (Å²) >= 11 is 0. The van der Waals surface area contributed by atoms with Crippen molar-refractivity contribution < 1.29 is 9.50 Å². The Balaban J connectivity index is 3.18. The first kappa shape index (κ1) is 10.3. The van der Waals surface area contributed by atoms with Gasteiger partial charge in [-0.3, -0.25) is 0 Å². The van der Waals surface area contributed by atoms with Crippen LogP contribution < -0.4 is 0 Å². The van der Waals surface area contributed by atoms with Gasteiger partial charge in [0.05, 0.1) is 0 Å². The average Bonchev–Trinajstić information content (AvgIpc) is 2.19. The van der Waals surface area contributed by atoms with E-state index in [4.69, 9.17) is 5.11 Å². The molecule has 0 saturated heterocycles. The number of aromatic hydroxyl groups is 1. The second-order valence-electron chi connectivity index (χ2n) is 2.73. The molecular formula is C12H11FO. The van der Waals surface area contributed by atoms with Gasteiger partial charge in [0.2, 0.25) is 0 Å². The molecule has 0 heterocycles. The number of halogens is 1. The molecule has 0 amide bonds. The highest BCUT2D eigenvalue weighted by Crippen LogP contribution is 2.22. The summed E-state index contributed by atoms with van der Waals surface area (Å²) in [4.78, 5) is 0. The minimum Gasteiger partial charge on any atom is -0.505 e. The fraction of sp³-hybridized carbons (Fsp3) is 0. The molecule has 1 N–H and O–H groups in total. The van der Waals surface area contributed by atoms with Gasteiger partial charge in [-0.1, -0.05) is 37.5 Å². The number of hydrogen-bond donors (Lipinski definition) is 1. The lowest BCUT2D eigenvalue weighted by atomic mass is 10.1. The summed E-state index contributed by atoms with van der Waals surface area (Å²) < 4.78 is 13.0. The zero-order chi connectivity index (χ0) is 10.6. The van der Waals surface area contributed by atoms with E-state index in [-0.39, 0.29) is 5.75 Å². The largest absolute Gasteiger partial charge is 0.505 e. The van der Waals surface area contributed by atoms with Gasteiger partial charge >= 0.3 is 0 Å². The summed E-state index contributed by atoms with van der Waals surface area (Å²) in [6, 6.07) is 4.19. The van der Waals surface area contributed by atoms with Crippen LogP contribution in [-0.2, 0) is 0 Å². The predicted molar refractivity (Wildman–Crippen MR) is 56.4 cm³/mol. The van der Waals surface area contributed by atoms with Gasteiger partial charge in [-0.05, 0) is 23.3 Å². The minimum atomic E-state index is -0.640. The maximum atomic E-state index is 13.0. The molecule has 0 aliphatic heterocycles. The summed E-state index contributed by atoms with van der Waals surface area (Å²) in [7, 11) is 0. The van der Waals surface area contributed by atoms with Gasteiger partial charge in [0.1, 0.15) is 0 Å². The Morgan fingerprint density at radius 2 is 2.07 bits per heavy atom. The van der Waals surface area contributed by atoms with Gasteiger partial charge in [-0.2, -0.15) is 0 Å². The number of hydrogen-bond acceptors (Lipinski definition) is 1. The van der Waals surface area contributed by atoms with Crippen molar-refractivity contribution in [2.45, 2.75) is 0 Å². The molecule has 0 saturated carbocycles. The normalized spacial score (nSPS) is 11.1. The molecule has 1 nitrogen and oxygen atoms in total. The molecule has 1 aromatic rings. The van der Waals surface area contributed by atoms with Crippen molar-refractivity contribution >= 4 is 5.57 Å². The Kier molecular flexibility index (Phi) is 3.24. The molecule has 0 atom stereocenters. The summed E-state index contributed by atoms with van der Waals surface area (Å²) in [5, 5.41) is 8.99. The van der Waals surface area contributed by atoms with E-state index in [1.54, 1.807) is 24.3 Å². The molecule has 0 radical (unpaired) electrons. The summed E-state index contributed by atoms with van der Waals surface area (Å²) in [6.07, 6.45) is 4.92. The highest BCUT2D eigenvalue weighted by atomic mass is 19.1. The molecular weight excluding hydrogens is 179 g/mol. The molecule has 0 spiro atoms. The second-order valence-corrected chi connectivity index (χ2v) is 2.73. The Hall–Kier alpha value is -1.83. The summed E-state index contributed by atoms with van der Waals surface area (Å²) in [5.41, 5.74) is 1.43. The van der Waals surface area contributed by atoms with Gasteiger partial charge in [0.25, 0.3) is 0 Å². The van der Waals surface area contributed by atoms with Crippen LogP contribution in [0.15, 0.2) is 49.6 Å². The fourth-order valence-electron chi connectivity index (χ4n) is 1.10. The van der Waals surface area contributed by atoms with Crippen LogP contribution in [0.3, 0.4) is 0 Å². The minimum absolute atomic E-state index is 0.351. The number of allylic oxidation sites excluding steroid dienone is 4. The standard InChI is InChI=1S/C12H11FO/c1-3-5-9(4-2)10-6-7-12(14)11(13)8-10/h3-8,14H,1-2H2/b9-5+. The van der Waals surface area contributed by atoms with Gasteiger partial charge in [0.15, 0.2) is 11.6 Å². The Bertz CT molecular complexity index is 391. The van der Waals surface area contributed by atoms with Crippen LogP contribution >= 0.6 is 0 Å². The first-order valence-corrected chi connectivity index (χ1v) is 4.13. The average molecular weight is 190 g/mol. The third-order valence-corrected chi connectivity index (χ3v) is 1.80.